The van der Waals surface area contributed by atoms with Gasteiger partial charge in [0.05, 0.1) is 7.11 Å². The molecule has 8 heteroatoms. The highest BCUT2D eigenvalue weighted by molar-refractivity contribution is 5.92. The first-order valence-corrected chi connectivity index (χ1v) is 6.56. The molecule has 0 saturated heterocycles. The lowest BCUT2D eigenvalue weighted by Crippen LogP contribution is -2.07. The van der Waals surface area contributed by atoms with E-state index in [1.165, 1.54) is 11.8 Å². The van der Waals surface area contributed by atoms with Gasteiger partial charge in [-0.05, 0) is 18.6 Å². The third-order valence-corrected chi connectivity index (χ3v) is 3.04. The minimum absolute atomic E-state index is 0.0280. The normalized spacial score (nSPS) is 10.4. The predicted octanol–water partition coefficient (Wildman–Crippen LogP) is 1.52. The molecule has 0 atom stereocenters. The summed E-state index contributed by atoms with van der Waals surface area (Å²) in [4.78, 5) is 21.9. The molecule has 0 aliphatic heterocycles. The summed E-state index contributed by atoms with van der Waals surface area (Å²) in [5, 5.41) is 25.4. The van der Waals surface area contributed by atoms with Crippen molar-refractivity contribution in [3.63, 3.8) is 0 Å². The van der Waals surface area contributed by atoms with Crippen molar-refractivity contribution in [1.82, 2.24) is 15.0 Å². The maximum absolute atomic E-state index is 11.3. The fraction of sp³-hybridized carbons (Fsp3) is 0.286. The van der Waals surface area contributed by atoms with Crippen LogP contribution in [-0.4, -0.2) is 44.3 Å². The number of benzene rings is 1. The number of carboxylic acids is 2. The molecule has 2 aromatic rings. The van der Waals surface area contributed by atoms with Gasteiger partial charge in [0, 0.05) is 18.5 Å². The highest BCUT2D eigenvalue weighted by atomic mass is 16.5. The maximum atomic E-state index is 11.3. The molecule has 0 amide bonds. The van der Waals surface area contributed by atoms with E-state index in [2.05, 4.69) is 10.3 Å². The van der Waals surface area contributed by atoms with Crippen LogP contribution >= 0.6 is 0 Å². The molecule has 0 fully saturated rings. The molecule has 2 N–H and O–H groups in total. The Morgan fingerprint density at radius 2 is 2.09 bits per heavy atom. The van der Waals surface area contributed by atoms with Gasteiger partial charge in [-0.1, -0.05) is 17.3 Å². The summed E-state index contributed by atoms with van der Waals surface area (Å²) in [6, 6.07) is 6.87. The first-order chi connectivity index (χ1) is 10.5. The molecule has 1 aromatic heterocycles. The summed E-state index contributed by atoms with van der Waals surface area (Å²) in [5.41, 5.74) is 0.748. The zero-order valence-electron chi connectivity index (χ0n) is 11.9. The minimum atomic E-state index is -1.19. The van der Waals surface area contributed by atoms with E-state index in [9.17, 15) is 14.7 Å². The number of rotatable bonds is 7. The number of aromatic nitrogens is 3. The van der Waals surface area contributed by atoms with Crippen molar-refractivity contribution in [2.24, 2.45) is 0 Å². The molecule has 0 spiro atoms. The van der Waals surface area contributed by atoms with Gasteiger partial charge in [0.2, 0.25) is 0 Å². The number of aryl methyl sites for hydroxylation is 1. The van der Waals surface area contributed by atoms with E-state index >= 15 is 0 Å². The molecule has 0 aliphatic carbocycles. The van der Waals surface area contributed by atoms with E-state index in [0.717, 1.165) is 0 Å². The second kappa shape index (κ2) is 6.70. The van der Waals surface area contributed by atoms with Crippen LogP contribution in [0.2, 0.25) is 0 Å². The Balaban J connectivity index is 2.39. The van der Waals surface area contributed by atoms with Gasteiger partial charge in [0.25, 0.3) is 0 Å². The number of aliphatic carboxylic acids is 1. The van der Waals surface area contributed by atoms with Crippen LogP contribution in [0.4, 0.5) is 0 Å². The number of ether oxygens (including phenoxy) is 1. The number of nitrogens with zero attached hydrogens (tertiary/aromatic N) is 3. The Bertz CT molecular complexity index is 696. The van der Waals surface area contributed by atoms with Gasteiger partial charge in [0.1, 0.15) is 11.4 Å². The van der Waals surface area contributed by atoms with Crippen molar-refractivity contribution in [2.45, 2.75) is 19.4 Å². The Morgan fingerprint density at radius 3 is 2.73 bits per heavy atom. The molecule has 0 bridgehead atoms. The first kappa shape index (κ1) is 15.5. The van der Waals surface area contributed by atoms with E-state index < -0.39 is 11.9 Å². The third-order valence-electron chi connectivity index (χ3n) is 3.04. The second-order valence-electron chi connectivity index (χ2n) is 4.54. The number of hydrogen-bond acceptors (Lipinski definition) is 5. The van der Waals surface area contributed by atoms with Crippen LogP contribution < -0.4 is 4.74 Å². The monoisotopic (exact) mass is 305 g/mol. The van der Waals surface area contributed by atoms with E-state index in [0.29, 0.717) is 23.4 Å². The van der Waals surface area contributed by atoms with Gasteiger partial charge >= 0.3 is 11.9 Å². The lowest BCUT2D eigenvalue weighted by Gasteiger charge is -2.08. The molecule has 0 radical (unpaired) electrons. The molecule has 2 rings (SSSR count). The van der Waals surface area contributed by atoms with E-state index in [1.54, 1.807) is 24.3 Å². The lowest BCUT2D eigenvalue weighted by atomic mass is 10.1. The van der Waals surface area contributed by atoms with Gasteiger partial charge in [-0.25, -0.2) is 9.48 Å². The molecule has 1 heterocycles. The standard InChI is InChI=1S/C14H15N3O5/c1-22-10-5-2-4-9(8-10)13-12(14(20)21)15-16-17(13)7-3-6-11(18)19/h2,4-5,8H,3,6-7H2,1H3,(H,18,19)(H,20,21). The molecule has 0 saturated carbocycles. The lowest BCUT2D eigenvalue weighted by molar-refractivity contribution is -0.137. The second-order valence-corrected chi connectivity index (χ2v) is 4.54. The summed E-state index contributed by atoms with van der Waals surface area (Å²) in [6.45, 7) is 0.263. The number of aromatic carboxylic acids is 1. The van der Waals surface area contributed by atoms with Gasteiger partial charge in [0.15, 0.2) is 5.69 Å². The van der Waals surface area contributed by atoms with E-state index in [1.807, 2.05) is 0 Å². The fourth-order valence-electron chi connectivity index (χ4n) is 2.05. The summed E-state index contributed by atoms with van der Waals surface area (Å²) < 4.78 is 6.53. The van der Waals surface area contributed by atoms with Crippen molar-refractivity contribution in [1.29, 1.82) is 0 Å². The highest BCUT2D eigenvalue weighted by Gasteiger charge is 2.20. The number of hydrogen-bond donors (Lipinski definition) is 2. The van der Waals surface area contributed by atoms with Crippen LogP contribution in [-0.2, 0) is 11.3 Å². The highest BCUT2D eigenvalue weighted by Crippen LogP contribution is 2.26. The predicted molar refractivity (Wildman–Crippen MR) is 75.8 cm³/mol. The molecule has 0 aliphatic rings. The van der Waals surface area contributed by atoms with Crippen LogP contribution in [0.3, 0.4) is 0 Å². The Morgan fingerprint density at radius 1 is 1.32 bits per heavy atom. The average molecular weight is 305 g/mol. The third kappa shape index (κ3) is 3.40. The molecular weight excluding hydrogens is 290 g/mol. The molecule has 0 unspecified atom stereocenters. The maximum Gasteiger partial charge on any atom is 0.358 e. The van der Waals surface area contributed by atoms with Crippen LogP contribution in [0.25, 0.3) is 11.3 Å². The quantitative estimate of drug-likeness (QED) is 0.796. The Kier molecular flexibility index (Phi) is 4.72. The van der Waals surface area contributed by atoms with Gasteiger partial charge < -0.3 is 14.9 Å². The largest absolute Gasteiger partial charge is 0.497 e. The van der Waals surface area contributed by atoms with E-state index in [4.69, 9.17) is 9.84 Å². The van der Waals surface area contributed by atoms with Crippen molar-refractivity contribution >= 4 is 11.9 Å². The molecule has 1 aromatic carbocycles. The summed E-state index contributed by atoms with van der Waals surface area (Å²) >= 11 is 0. The Hall–Kier alpha value is -2.90. The summed E-state index contributed by atoms with van der Waals surface area (Å²) in [7, 11) is 1.51. The number of methoxy groups -OCH3 is 1. The number of carboxylic acid groups (broad SMARTS) is 2. The van der Waals surface area contributed by atoms with Crippen molar-refractivity contribution in [3.8, 4) is 17.0 Å². The van der Waals surface area contributed by atoms with Crippen LogP contribution in [0.1, 0.15) is 23.3 Å². The van der Waals surface area contributed by atoms with Crippen molar-refractivity contribution in [2.75, 3.05) is 7.11 Å². The van der Waals surface area contributed by atoms with Crippen LogP contribution in [0.15, 0.2) is 24.3 Å². The zero-order chi connectivity index (χ0) is 16.1. The molecule has 116 valence electrons. The molecule has 8 nitrogen and oxygen atoms in total. The van der Waals surface area contributed by atoms with E-state index in [-0.39, 0.29) is 18.7 Å². The van der Waals surface area contributed by atoms with Gasteiger partial charge in [-0.15, -0.1) is 5.10 Å². The topological polar surface area (TPSA) is 115 Å². The average Bonchev–Trinajstić information content (AvgIpc) is 2.91. The summed E-state index contributed by atoms with van der Waals surface area (Å²) in [5.74, 6) is -1.53. The van der Waals surface area contributed by atoms with Crippen LogP contribution in [0.5, 0.6) is 5.75 Å². The molecule has 22 heavy (non-hydrogen) atoms. The number of carbonyl (C=O) groups is 2. The minimum Gasteiger partial charge on any atom is -0.497 e. The van der Waals surface area contributed by atoms with Crippen molar-refractivity contribution < 1.29 is 24.5 Å². The van der Waals surface area contributed by atoms with Crippen LogP contribution in [0, 0.1) is 0 Å². The Labute approximate surface area is 125 Å². The first-order valence-electron chi connectivity index (χ1n) is 6.56. The fourth-order valence-corrected chi connectivity index (χ4v) is 2.05. The molecular formula is C14H15N3O5. The SMILES string of the molecule is COc1cccc(-c2c(C(=O)O)nnn2CCCC(=O)O)c1. The van der Waals surface area contributed by atoms with Crippen molar-refractivity contribution in [3.05, 3.63) is 30.0 Å². The summed E-state index contributed by atoms with van der Waals surface area (Å²) in [6.07, 6.45) is 0.300. The smallest absolute Gasteiger partial charge is 0.358 e. The zero-order valence-corrected chi connectivity index (χ0v) is 11.9. The van der Waals surface area contributed by atoms with Gasteiger partial charge in [-0.3, -0.25) is 4.79 Å². The van der Waals surface area contributed by atoms with Gasteiger partial charge in [-0.2, -0.15) is 0 Å².